The fourth-order valence-corrected chi connectivity index (χ4v) is 3.74. The van der Waals surface area contributed by atoms with Gasteiger partial charge in [0.05, 0.1) is 20.6 Å². The molecule has 0 aromatic heterocycles. The molecule has 0 bridgehead atoms. The molecule has 1 N–H and O–H groups in total. The minimum Gasteiger partial charge on any atom is -0.493 e. The van der Waals surface area contributed by atoms with Gasteiger partial charge in [-0.05, 0) is 53.8 Å². The maximum atomic E-state index is 12.4. The van der Waals surface area contributed by atoms with Crippen LogP contribution >= 0.6 is 34.2 Å². The van der Waals surface area contributed by atoms with Gasteiger partial charge in [0, 0.05) is 0 Å². The van der Waals surface area contributed by atoms with Crippen molar-refractivity contribution in [2.75, 3.05) is 11.8 Å². The third-order valence-corrected chi connectivity index (χ3v) is 5.36. The van der Waals surface area contributed by atoms with Gasteiger partial charge in [-0.1, -0.05) is 29.3 Å². The monoisotopic (exact) mass is 437 g/mol. The SMILES string of the molecule is COc1c(I)ccc(Cl)c1NS(=O)(=O)c1ccc(C)cc1. The van der Waals surface area contributed by atoms with E-state index in [2.05, 4.69) is 27.3 Å². The summed E-state index contributed by atoms with van der Waals surface area (Å²) in [6, 6.07) is 9.95. The van der Waals surface area contributed by atoms with Crippen LogP contribution in [-0.4, -0.2) is 15.5 Å². The van der Waals surface area contributed by atoms with Crippen molar-refractivity contribution in [2.45, 2.75) is 11.8 Å². The minimum atomic E-state index is -3.72. The lowest BCUT2D eigenvalue weighted by Crippen LogP contribution is -2.14. The summed E-state index contributed by atoms with van der Waals surface area (Å²) in [5.74, 6) is 0.402. The number of rotatable bonds is 4. The van der Waals surface area contributed by atoms with Crippen molar-refractivity contribution in [3.8, 4) is 5.75 Å². The molecule has 0 atom stereocenters. The largest absolute Gasteiger partial charge is 0.493 e. The van der Waals surface area contributed by atoms with Gasteiger partial charge in [-0.2, -0.15) is 0 Å². The van der Waals surface area contributed by atoms with Crippen molar-refractivity contribution in [3.05, 3.63) is 50.6 Å². The van der Waals surface area contributed by atoms with Crippen molar-refractivity contribution >= 4 is 49.9 Å². The molecular formula is C14H13ClINO3S. The summed E-state index contributed by atoms with van der Waals surface area (Å²) in [7, 11) is -2.25. The van der Waals surface area contributed by atoms with Crippen LogP contribution in [0.25, 0.3) is 0 Å². The quantitative estimate of drug-likeness (QED) is 0.734. The molecule has 0 saturated heterocycles. The van der Waals surface area contributed by atoms with Gasteiger partial charge in [0.25, 0.3) is 10.0 Å². The Labute approximate surface area is 142 Å². The topological polar surface area (TPSA) is 55.4 Å². The Morgan fingerprint density at radius 1 is 1.14 bits per heavy atom. The highest BCUT2D eigenvalue weighted by atomic mass is 127. The van der Waals surface area contributed by atoms with Crippen LogP contribution in [0.4, 0.5) is 5.69 Å². The highest BCUT2D eigenvalue weighted by Crippen LogP contribution is 2.37. The van der Waals surface area contributed by atoms with Crippen molar-refractivity contribution in [2.24, 2.45) is 0 Å². The lowest BCUT2D eigenvalue weighted by Gasteiger charge is -2.14. The Bertz CT molecular complexity index is 761. The number of hydrogen-bond acceptors (Lipinski definition) is 3. The van der Waals surface area contributed by atoms with Crippen molar-refractivity contribution in [3.63, 3.8) is 0 Å². The molecule has 0 aliphatic heterocycles. The number of benzene rings is 2. The number of nitrogens with one attached hydrogen (secondary N) is 1. The first-order valence-corrected chi connectivity index (χ1v) is 8.90. The summed E-state index contributed by atoms with van der Waals surface area (Å²) < 4.78 is 33.3. The predicted octanol–water partition coefficient (Wildman–Crippen LogP) is 4.06. The molecule has 0 spiro atoms. The second-order valence-electron chi connectivity index (χ2n) is 4.36. The van der Waals surface area contributed by atoms with Crippen LogP contribution in [0.1, 0.15) is 5.56 Å². The van der Waals surface area contributed by atoms with Gasteiger partial charge in [0.15, 0.2) is 5.75 Å². The molecule has 0 aliphatic rings. The summed E-state index contributed by atoms with van der Waals surface area (Å²) in [6.45, 7) is 1.89. The highest BCUT2D eigenvalue weighted by Gasteiger charge is 2.20. The molecule has 0 heterocycles. The van der Waals surface area contributed by atoms with Crippen LogP contribution in [0.15, 0.2) is 41.3 Å². The molecule has 0 unspecified atom stereocenters. The molecule has 2 aromatic rings. The second kappa shape index (κ2) is 6.41. The van der Waals surface area contributed by atoms with Crippen LogP contribution in [0, 0.1) is 10.5 Å². The van der Waals surface area contributed by atoms with E-state index >= 15 is 0 Å². The van der Waals surface area contributed by atoms with Gasteiger partial charge in [-0.3, -0.25) is 4.72 Å². The van der Waals surface area contributed by atoms with E-state index in [0.29, 0.717) is 5.75 Å². The fraction of sp³-hybridized carbons (Fsp3) is 0.143. The number of methoxy groups -OCH3 is 1. The first-order valence-electron chi connectivity index (χ1n) is 5.96. The van der Waals surface area contributed by atoms with Crippen molar-refractivity contribution < 1.29 is 13.2 Å². The number of anilines is 1. The van der Waals surface area contributed by atoms with Crippen molar-refractivity contribution in [1.29, 1.82) is 0 Å². The van der Waals surface area contributed by atoms with E-state index in [1.807, 2.05) is 6.92 Å². The first-order chi connectivity index (χ1) is 9.85. The molecule has 0 fully saturated rings. The highest BCUT2D eigenvalue weighted by molar-refractivity contribution is 14.1. The summed E-state index contributed by atoms with van der Waals surface area (Å²) in [4.78, 5) is 0.171. The van der Waals surface area contributed by atoms with Gasteiger partial charge in [0.2, 0.25) is 0 Å². The van der Waals surface area contributed by atoms with E-state index in [1.54, 1.807) is 36.4 Å². The molecule has 0 amide bonds. The molecule has 0 saturated carbocycles. The fourth-order valence-electron chi connectivity index (χ4n) is 1.74. The molecular weight excluding hydrogens is 425 g/mol. The molecule has 112 valence electrons. The standard InChI is InChI=1S/C14H13ClINO3S/c1-9-3-5-10(6-4-9)21(18,19)17-13-11(15)7-8-12(16)14(13)20-2/h3-8,17H,1-2H3. The average Bonchev–Trinajstić information content (AvgIpc) is 2.43. The smallest absolute Gasteiger partial charge is 0.262 e. The third-order valence-electron chi connectivity index (χ3n) is 2.83. The van der Waals surface area contributed by atoms with Gasteiger partial charge < -0.3 is 4.74 Å². The summed E-state index contributed by atoms with van der Waals surface area (Å²) >= 11 is 8.14. The lowest BCUT2D eigenvalue weighted by atomic mass is 10.2. The number of aryl methyl sites for hydroxylation is 1. The van der Waals surface area contributed by atoms with E-state index in [4.69, 9.17) is 16.3 Å². The molecule has 7 heteroatoms. The molecule has 21 heavy (non-hydrogen) atoms. The van der Waals surface area contributed by atoms with Gasteiger partial charge in [-0.25, -0.2) is 8.42 Å². The molecule has 2 aromatic carbocycles. The normalized spacial score (nSPS) is 11.2. The average molecular weight is 438 g/mol. The van der Waals surface area contributed by atoms with E-state index in [0.717, 1.165) is 9.13 Å². The number of sulfonamides is 1. The van der Waals surface area contributed by atoms with Crippen LogP contribution in [0.2, 0.25) is 5.02 Å². The Kier molecular flexibility index (Phi) is 5.00. The first kappa shape index (κ1) is 16.4. The zero-order chi connectivity index (χ0) is 15.6. The Balaban J connectivity index is 2.46. The maximum Gasteiger partial charge on any atom is 0.262 e. The molecule has 0 aliphatic carbocycles. The van der Waals surface area contributed by atoms with Crippen molar-refractivity contribution in [1.82, 2.24) is 0 Å². The maximum absolute atomic E-state index is 12.4. The van der Waals surface area contributed by atoms with Crippen LogP contribution < -0.4 is 9.46 Å². The van der Waals surface area contributed by atoms with E-state index in [-0.39, 0.29) is 15.6 Å². The number of ether oxygens (including phenoxy) is 1. The lowest BCUT2D eigenvalue weighted by molar-refractivity contribution is 0.414. The van der Waals surface area contributed by atoms with Gasteiger partial charge >= 0.3 is 0 Å². The second-order valence-corrected chi connectivity index (χ2v) is 7.61. The van der Waals surface area contributed by atoms with E-state index in [1.165, 1.54) is 7.11 Å². The Morgan fingerprint density at radius 2 is 1.76 bits per heavy atom. The Morgan fingerprint density at radius 3 is 2.33 bits per heavy atom. The van der Waals surface area contributed by atoms with Gasteiger partial charge in [-0.15, -0.1) is 0 Å². The minimum absolute atomic E-state index is 0.171. The molecule has 2 rings (SSSR count). The summed E-state index contributed by atoms with van der Waals surface area (Å²) in [6.07, 6.45) is 0. The summed E-state index contributed by atoms with van der Waals surface area (Å²) in [5.41, 5.74) is 1.23. The Hall–Kier alpha value is -0.990. The number of halogens is 2. The van der Waals surface area contributed by atoms with E-state index < -0.39 is 10.0 Å². The van der Waals surface area contributed by atoms with Crippen LogP contribution in [0.5, 0.6) is 5.75 Å². The third kappa shape index (κ3) is 3.61. The van der Waals surface area contributed by atoms with Gasteiger partial charge in [0.1, 0.15) is 5.69 Å². The van der Waals surface area contributed by atoms with Crippen LogP contribution in [-0.2, 0) is 10.0 Å². The number of hydrogen-bond donors (Lipinski definition) is 1. The zero-order valence-corrected chi connectivity index (χ0v) is 15.1. The molecule has 4 nitrogen and oxygen atoms in total. The zero-order valence-electron chi connectivity index (χ0n) is 11.4. The summed E-state index contributed by atoms with van der Waals surface area (Å²) in [5, 5.41) is 0.281. The predicted molar refractivity (Wildman–Crippen MR) is 92.7 cm³/mol. The van der Waals surface area contributed by atoms with E-state index in [9.17, 15) is 8.42 Å². The van der Waals surface area contributed by atoms with Crippen LogP contribution in [0.3, 0.4) is 0 Å². The molecule has 0 radical (unpaired) electrons.